The van der Waals surface area contributed by atoms with Crippen molar-refractivity contribution in [2.24, 2.45) is 0 Å². The first-order chi connectivity index (χ1) is 7.11. The van der Waals surface area contributed by atoms with E-state index >= 15 is 0 Å². The van der Waals surface area contributed by atoms with E-state index in [9.17, 15) is 4.79 Å². The lowest BCUT2D eigenvalue weighted by Crippen LogP contribution is -1.95. The minimum absolute atomic E-state index is 0.180. The van der Waals surface area contributed by atoms with Gasteiger partial charge in [-0.05, 0) is 18.2 Å². The lowest BCUT2D eigenvalue weighted by molar-refractivity contribution is 0.0693. The van der Waals surface area contributed by atoms with Crippen LogP contribution in [0.2, 0.25) is 0 Å². The molecule has 9 heteroatoms. The van der Waals surface area contributed by atoms with Crippen molar-refractivity contribution in [1.29, 1.82) is 0 Å². The molecule has 16 heavy (non-hydrogen) atoms. The standard InChI is InChI=1S/C7H6O4.H2O4S/c8-4-1-2-6(9)5(3-4)7(10)11;1-5(2,3)4/h1-3,8-9H,(H,10,11);(H2,1,2,3,4). The highest BCUT2D eigenvalue weighted by molar-refractivity contribution is 7.79. The first-order valence-electron chi connectivity index (χ1n) is 3.56. The van der Waals surface area contributed by atoms with Gasteiger partial charge in [0.25, 0.3) is 0 Å². The fourth-order valence-electron chi connectivity index (χ4n) is 0.695. The minimum atomic E-state index is -4.67. The summed E-state index contributed by atoms with van der Waals surface area (Å²) >= 11 is 0. The molecule has 0 heterocycles. The van der Waals surface area contributed by atoms with Crippen LogP contribution in [0.1, 0.15) is 10.4 Å². The maximum absolute atomic E-state index is 10.3. The summed E-state index contributed by atoms with van der Waals surface area (Å²) in [6.45, 7) is 0. The fraction of sp³-hybridized carbons (Fsp3) is 0. The molecule has 0 radical (unpaired) electrons. The van der Waals surface area contributed by atoms with Gasteiger partial charge < -0.3 is 15.3 Å². The molecule has 0 aliphatic carbocycles. The zero-order chi connectivity index (χ0) is 12.9. The number of phenols is 2. The van der Waals surface area contributed by atoms with Crippen LogP contribution in [0, 0.1) is 0 Å². The van der Waals surface area contributed by atoms with Crippen molar-refractivity contribution in [2.45, 2.75) is 0 Å². The zero-order valence-corrected chi connectivity index (χ0v) is 8.42. The molecule has 1 aromatic carbocycles. The number of hydrogen-bond acceptors (Lipinski definition) is 5. The maximum atomic E-state index is 10.3. The van der Waals surface area contributed by atoms with Gasteiger partial charge in [0.05, 0.1) is 0 Å². The van der Waals surface area contributed by atoms with Crippen molar-refractivity contribution in [2.75, 3.05) is 0 Å². The molecule has 90 valence electrons. The molecule has 0 amide bonds. The van der Waals surface area contributed by atoms with Gasteiger partial charge in [0.15, 0.2) is 0 Å². The van der Waals surface area contributed by atoms with Crippen LogP contribution in [0.3, 0.4) is 0 Å². The molecule has 0 saturated carbocycles. The van der Waals surface area contributed by atoms with Crippen molar-refractivity contribution in [1.82, 2.24) is 0 Å². The third-order valence-electron chi connectivity index (χ3n) is 1.21. The largest absolute Gasteiger partial charge is 0.508 e. The maximum Gasteiger partial charge on any atom is 0.394 e. The molecule has 0 atom stereocenters. The highest BCUT2D eigenvalue weighted by Gasteiger charge is 2.08. The lowest BCUT2D eigenvalue weighted by Gasteiger charge is -1.98. The van der Waals surface area contributed by atoms with Crippen LogP contribution in [0.15, 0.2) is 18.2 Å². The van der Waals surface area contributed by atoms with Crippen molar-refractivity contribution in [3.8, 4) is 11.5 Å². The molecule has 0 saturated heterocycles. The summed E-state index contributed by atoms with van der Waals surface area (Å²) in [5, 5.41) is 26.1. The topological polar surface area (TPSA) is 152 Å². The summed E-state index contributed by atoms with van der Waals surface area (Å²) in [6, 6.07) is 3.32. The molecule has 0 bridgehead atoms. The summed E-state index contributed by atoms with van der Waals surface area (Å²) in [6.07, 6.45) is 0. The molecule has 0 aliphatic heterocycles. The predicted molar refractivity (Wildman–Crippen MR) is 50.9 cm³/mol. The quantitative estimate of drug-likeness (QED) is 0.349. The van der Waals surface area contributed by atoms with E-state index in [0.717, 1.165) is 12.1 Å². The number of phenolic OH excluding ortho intramolecular Hbond substituents is 1. The molecule has 0 fully saturated rings. The highest BCUT2D eigenvalue weighted by Crippen LogP contribution is 2.21. The molecule has 0 aliphatic rings. The van der Waals surface area contributed by atoms with E-state index in [0.29, 0.717) is 0 Å². The van der Waals surface area contributed by atoms with Crippen LogP contribution in [0.25, 0.3) is 0 Å². The monoisotopic (exact) mass is 252 g/mol. The number of carboxylic acids is 1. The zero-order valence-electron chi connectivity index (χ0n) is 7.60. The van der Waals surface area contributed by atoms with E-state index in [4.69, 9.17) is 32.8 Å². The number of carbonyl (C=O) groups is 1. The smallest absolute Gasteiger partial charge is 0.394 e. The first kappa shape index (κ1) is 14.2. The van der Waals surface area contributed by atoms with Crippen LogP contribution >= 0.6 is 0 Å². The highest BCUT2D eigenvalue weighted by atomic mass is 32.3. The second-order valence-corrected chi connectivity index (χ2v) is 3.35. The third-order valence-corrected chi connectivity index (χ3v) is 1.21. The van der Waals surface area contributed by atoms with E-state index in [1.54, 1.807) is 0 Å². The lowest BCUT2D eigenvalue weighted by atomic mass is 10.2. The van der Waals surface area contributed by atoms with Gasteiger partial charge in [-0.3, -0.25) is 9.11 Å². The summed E-state index contributed by atoms with van der Waals surface area (Å²) in [5.41, 5.74) is -0.301. The van der Waals surface area contributed by atoms with Crippen molar-refractivity contribution in [3.05, 3.63) is 23.8 Å². The third kappa shape index (κ3) is 6.59. The van der Waals surface area contributed by atoms with E-state index < -0.39 is 16.4 Å². The summed E-state index contributed by atoms with van der Waals surface area (Å²) in [7, 11) is -4.67. The number of carboxylic acid groups (broad SMARTS) is 1. The van der Waals surface area contributed by atoms with Crippen molar-refractivity contribution >= 4 is 16.4 Å². The predicted octanol–water partition coefficient (Wildman–Crippen LogP) is 0.143. The first-order valence-corrected chi connectivity index (χ1v) is 4.96. The van der Waals surface area contributed by atoms with Gasteiger partial charge in [-0.2, -0.15) is 8.42 Å². The number of benzene rings is 1. The number of aromatic hydroxyl groups is 2. The SMILES string of the molecule is O=C(O)c1cc(O)ccc1O.O=S(=O)(O)O. The van der Waals surface area contributed by atoms with E-state index in [2.05, 4.69) is 0 Å². The van der Waals surface area contributed by atoms with Crippen LogP contribution in [0.5, 0.6) is 11.5 Å². The Balaban J connectivity index is 0.000000385. The Hall–Kier alpha value is -1.84. The van der Waals surface area contributed by atoms with Crippen LogP contribution in [-0.2, 0) is 10.4 Å². The molecular weight excluding hydrogens is 244 g/mol. The molecule has 1 aromatic rings. The number of rotatable bonds is 1. The van der Waals surface area contributed by atoms with Crippen LogP contribution in [-0.4, -0.2) is 38.8 Å². The Morgan fingerprint density at radius 1 is 1.12 bits per heavy atom. The Morgan fingerprint density at radius 2 is 1.56 bits per heavy atom. The summed E-state index contributed by atoms with van der Waals surface area (Å²) in [4.78, 5) is 10.3. The van der Waals surface area contributed by atoms with Gasteiger partial charge in [-0.1, -0.05) is 0 Å². The van der Waals surface area contributed by atoms with Crippen LogP contribution in [0.4, 0.5) is 0 Å². The normalized spacial score (nSPS) is 10.1. The Labute approximate surface area is 90.0 Å². The van der Waals surface area contributed by atoms with E-state index in [1.165, 1.54) is 6.07 Å². The van der Waals surface area contributed by atoms with Gasteiger partial charge in [-0.25, -0.2) is 4.79 Å². The van der Waals surface area contributed by atoms with Crippen molar-refractivity contribution in [3.63, 3.8) is 0 Å². The van der Waals surface area contributed by atoms with E-state index in [-0.39, 0.29) is 17.1 Å². The van der Waals surface area contributed by atoms with Gasteiger partial charge in [0.2, 0.25) is 0 Å². The van der Waals surface area contributed by atoms with Gasteiger partial charge in [0, 0.05) is 0 Å². The molecular formula is C7H8O8S. The molecule has 5 N–H and O–H groups in total. The minimum Gasteiger partial charge on any atom is -0.508 e. The number of aromatic carboxylic acids is 1. The number of hydrogen-bond donors (Lipinski definition) is 5. The van der Waals surface area contributed by atoms with E-state index in [1.807, 2.05) is 0 Å². The van der Waals surface area contributed by atoms with Gasteiger partial charge in [-0.15, -0.1) is 0 Å². The second kappa shape index (κ2) is 5.30. The average Bonchev–Trinajstić information content (AvgIpc) is 2.06. The molecule has 1 rings (SSSR count). The molecule has 0 spiro atoms. The van der Waals surface area contributed by atoms with Gasteiger partial charge >= 0.3 is 16.4 Å². The fourth-order valence-corrected chi connectivity index (χ4v) is 0.695. The Bertz CT molecular complexity index is 469. The molecule has 8 nitrogen and oxygen atoms in total. The Morgan fingerprint density at radius 3 is 1.88 bits per heavy atom. The second-order valence-electron chi connectivity index (χ2n) is 2.45. The summed E-state index contributed by atoms with van der Waals surface area (Å²) in [5.74, 6) is -1.80. The molecule has 0 aromatic heterocycles. The Kier molecular flexibility index (Phi) is 4.69. The van der Waals surface area contributed by atoms with Crippen LogP contribution < -0.4 is 0 Å². The van der Waals surface area contributed by atoms with Gasteiger partial charge in [0.1, 0.15) is 17.1 Å². The average molecular weight is 252 g/mol. The molecule has 0 unspecified atom stereocenters. The van der Waals surface area contributed by atoms with Crippen molar-refractivity contribution < 1.29 is 37.6 Å². The summed E-state index contributed by atoms with van der Waals surface area (Å²) < 4.78 is 31.6.